The van der Waals surface area contributed by atoms with E-state index < -0.39 is 23.3 Å². The molecule has 0 bridgehead atoms. The Morgan fingerprint density at radius 3 is 2.73 bits per heavy atom. The van der Waals surface area contributed by atoms with Crippen LogP contribution in [-0.4, -0.2) is 33.4 Å². The maximum absolute atomic E-state index is 13.8. The molecule has 0 aliphatic heterocycles. The van der Waals surface area contributed by atoms with Crippen LogP contribution < -0.4 is 10.9 Å². The van der Waals surface area contributed by atoms with Gasteiger partial charge >= 0.3 is 0 Å². The molecule has 1 aromatic heterocycles. The number of nitrogens with one attached hydrogen (secondary N) is 1. The summed E-state index contributed by atoms with van der Waals surface area (Å²) in [6.07, 6.45) is 4.70. The van der Waals surface area contributed by atoms with Crippen LogP contribution in [0.4, 0.5) is 4.39 Å². The average molecular weight is 413 g/mol. The van der Waals surface area contributed by atoms with Crippen LogP contribution in [0.3, 0.4) is 0 Å². The molecule has 0 radical (unpaired) electrons. The van der Waals surface area contributed by atoms with Gasteiger partial charge in [0.1, 0.15) is 11.4 Å². The minimum Gasteiger partial charge on any atom is -0.394 e. The third-order valence-corrected chi connectivity index (χ3v) is 5.60. The van der Waals surface area contributed by atoms with Crippen molar-refractivity contribution >= 4 is 5.91 Å². The number of rotatable bonds is 6. The van der Waals surface area contributed by atoms with Crippen LogP contribution in [0.15, 0.2) is 46.8 Å². The lowest BCUT2D eigenvalue weighted by molar-refractivity contribution is 0.0894. The van der Waals surface area contributed by atoms with Crippen LogP contribution in [0.1, 0.15) is 62.0 Å². The van der Waals surface area contributed by atoms with Crippen molar-refractivity contribution in [1.82, 2.24) is 15.1 Å². The fourth-order valence-electron chi connectivity index (χ4n) is 3.56. The summed E-state index contributed by atoms with van der Waals surface area (Å²) in [5, 5.41) is 16.8. The smallest absolute Gasteiger partial charge is 0.284 e. The Kier molecular flexibility index (Phi) is 6.82. The Labute approximate surface area is 175 Å². The van der Waals surface area contributed by atoms with E-state index in [4.69, 9.17) is 0 Å². The van der Waals surface area contributed by atoms with Gasteiger partial charge in [-0.25, -0.2) is 4.39 Å². The van der Waals surface area contributed by atoms with Crippen molar-refractivity contribution in [3.63, 3.8) is 0 Å². The maximum atomic E-state index is 13.8. The minimum atomic E-state index is -0.621. The van der Waals surface area contributed by atoms with Gasteiger partial charge in [0.2, 0.25) is 0 Å². The first-order valence-corrected chi connectivity index (χ1v) is 10.3. The van der Waals surface area contributed by atoms with Gasteiger partial charge in [-0.15, -0.1) is 0 Å². The topological polar surface area (TPSA) is 84.2 Å². The number of nitrogens with zero attached hydrogens (tertiary/aromatic N) is 2. The molecule has 0 spiro atoms. The molecule has 0 saturated carbocycles. The number of carbonyl (C=O) groups is 1. The van der Waals surface area contributed by atoms with E-state index in [2.05, 4.69) is 23.4 Å². The van der Waals surface area contributed by atoms with Gasteiger partial charge in [0, 0.05) is 5.92 Å². The Bertz CT molecular complexity index is 1010. The summed E-state index contributed by atoms with van der Waals surface area (Å²) in [5.74, 6) is -0.991. The molecule has 1 heterocycles. The molecule has 2 N–H and O–H groups in total. The van der Waals surface area contributed by atoms with Crippen molar-refractivity contribution in [3.8, 4) is 5.69 Å². The second kappa shape index (κ2) is 9.34. The molecule has 1 aromatic carbocycles. The molecule has 3 rings (SSSR count). The van der Waals surface area contributed by atoms with Gasteiger partial charge in [-0.3, -0.25) is 9.59 Å². The van der Waals surface area contributed by atoms with Gasteiger partial charge in [-0.2, -0.15) is 9.78 Å². The maximum Gasteiger partial charge on any atom is 0.284 e. The van der Waals surface area contributed by atoms with Crippen LogP contribution in [-0.2, 0) is 0 Å². The van der Waals surface area contributed by atoms with E-state index in [1.807, 2.05) is 13.8 Å². The molecule has 1 aliphatic carbocycles. The van der Waals surface area contributed by atoms with Gasteiger partial charge < -0.3 is 10.4 Å². The van der Waals surface area contributed by atoms with Crippen molar-refractivity contribution in [2.24, 2.45) is 5.92 Å². The fourth-order valence-corrected chi connectivity index (χ4v) is 3.56. The molecule has 7 heteroatoms. The van der Waals surface area contributed by atoms with Gasteiger partial charge in [-0.05, 0) is 56.4 Å². The number of carbonyl (C=O) groups excluding carboxylic acids is 1. The molecule has 30 heavy (non-hydrogen) atoms. The van der Waals surface area contributed by atoms with Crippen LogP contribution in [0.5, 0.6) is 0 Å². The fraction of sp³-hybridized carbons (Fsp3) is 0.435. The first kappa shape index (κ1) is 21.9. The molecule has 1 aliphatic rings. The number of benzene rings is 1. The first-order chi connectivity index (χ1) is 14.3. The first-order valence-electron chi connectivity index (χ1n) is 10.3. The second-order valence-corrected chi connectivity index (χ2v) is 8.21. The van der Waals surface area contributed by atoms with Gasteiger partial charge in [0.15, 0.2) is 0 Å². The van der Waals surface area contributed by atoms with Crippen molar-refractivity contribution < 1.29 is 14.3 Å². The molecule has 6 nitrogen and oxygen atoms in total. The van der Waals surface area contributed by atoms with Crippen molar-refractivity contribution in [3.05, 3.63) is 69.4 Å². The van der Waals surface area contributed by atoms with Crippen molar-refractivity contribution in [2.75, 3.05) is 6.61 Å². The number of halogens is 1. The van der Waals surface area contributed by atoms with Crippen LogP contribution in [0, 0.1) is 11.7 Å². The van der Waals surface area contributed by atoms with Crippen molar-refractivity contribution in [2.45, 2.75) is 52.0 Å². The molecule has 2 unspecified atom stereocenters. The highest BCUT2D eigenvalue weighted by Gasteiger charge is 2.24. The number of amides is 1. The Balaban J connectivity index is 2.08. The summed E-state index contributed by atoms with van der Waals surface area (Å²) < 4.78 is 14.9. The van der Waals surface area contributed by atoms with E-state index in [9.17, 15) is 19.1 Å². The van der Waals surface area contributed by atoms with Crippen LogP contribution in [0.2, 0.25) is 0 Å². The standard InChI is InChI=1S/C23H28FN3O3/c1-14(2)21(13-28)25-22(29)19-12-20(16-9-7-15(3)8-10-16)26-27(23(19)30)18-6-4-5-17(24)11-18/h4-7,11-12,14,16,21,28H,8-10,13H2,1-3H3,(H,25,29). The Morgan fingerprint density at radius 2 is 2.13 bits per heavy atom. The summed E-state index contributed by atoms with van der Waals surface area (Å²) in [5.41, 5.74) is 1.52. The largest absolute Gasteiger partial charge is 0.394 e. The second-order valence-electron chi connectivity index (χ2n) is 8.21. The summed E-state index contributed by atoms with van der Waals surface area (Å²) >= 11 is 0. The molecule has 0 saturated heterocycles. The summed E-state index contributed by atoms with van der Waals surface area (Å²) in [6.45, 7) is 5.60. The zero-order valence-corrected chi connectivity index (χ0v) is 17.6. The number of hydrogen-bond donors (Lipinski definition) is 2. The van der Waals surface area contributed by atoms with Gasteiger partial charge in [-0.1, -0.05) is 31.6 Å². The Hall–Kier alpha value is -2.80. The van der Waals surface area contributed by atoms with Gasteiger partial charge in [0.25, 0.3) is 11.5 Å². The highest BCUT2D eigenvalue weighted by atomic mass is 19.1. The predicted molar refractivity (Wildman–Crippen MR) is 113 cm³/mol. The monoisotopic (exact) mass is 413 g/mol. The van der Waals surface area contributed by atoms with E-state index in [0.29, 0.717) is 5.69 Å². The van der Waals surface area contributed by atoms with Crippen LogP contribution >= 0.6 is 0 Å². The zero-order chi connectivity index (χ0) is 21.8. The zero-order valence-electron chi connectivity index (χ0n) is 17.6. The molecule has 2 atom stereocenters. The quantitative estimate of drug-likeness (QED) is 0.712. The van der Waals surface area contributed by atoms with E-state index in [0.717, 1.165) is 23.9 Å². The average Bonchev–Trinajstić information content (AvgIpc) is 2.72. The van der Waals surface area contributed by atoms with E-state index in [1.54, 1.807) is 12.1 Å². The highest BCUT2D eigenvalue weighted by molar-refractivity contribution is 5.94. The lowest BCUT2D eigenvalue weighted by atomic mass is 9.87. The normalized spacial score (nSPS) is 17.5. The molecule has 2 aromatic rings. The number of aliphatic hydroxyl groups is 1. The summed E-state index contributed by atoms with van der Waals surface area (Å²) in [4.78, 5) is 26.0. The number of hydrogen-bond acceptors (Lipinski definition) is 4. The van der Waals surface area contributed by atoms with E-state index >= 15 is 0 Å². The third-order valence-electron chi connectivity index (χ3n) is 5.60. The molecule has 0 fully saturated rings. The van der Waals surface area contributed by atoms with Gasteiger partial charge in [0.05, 0.1) is 24.0 Å². The predicted octanol–water partition coefficient (Wildman–Crippen LogP) is 3.33. The molecule has 1 amide bonds. The van der Waals surface area contributed by atoms with Crippen molar-refractivity contribution in [1.29, 1.82) is 0 Å². The summed E-state index contributed by atoms with van der Waals surface area (Å²) in [7, 11) is 0. The highest BCUT2D eigenvalue weighted by Crippen LogP contribution is 2.31. The summed E-state index contributed by atoms with van der Waals surface area (Å²) in [6, 6.07) is 6.65. The molecular formula is C23H28FN3O3. The molecular weight excluding hydrogens is 385 g/mol. The number of aliphatic hydroxyl groups excluding tert-OH is 1. The Morgan fingerprint density at radius 1 is 1.37 bits per heavy atom. The molecule has 160 valence electrons. The lowest BCUT2D eigenvalue weighted by Crippen LogP contribution is -2.44. The van der Waals surface area contributed by atoms with E-state index in [1.165, 1.54) is 23.8 Å². The number of allylic oxidation sites excluding steroid dienone is 2. The third kappa shape index (κ3) is 4.84. The minimum absolute atomic E-state index is 0.00263. The van der Waals surface area contributed by atoms with E-state index in [-0.39, 0.29) is 29.7 Å². The lowest BCUT2D eigenvalue weighted by Gasteiger charge is -2.22. The SMILES string of the molecule is CC1=CCC(c2cc(C(=O)NC(CO)C(C)C)c(=O)n(-c3cccc(F)c3)n2)CC1. The number of aromatic nitrogens is 2. The van der Waals surface area contributed by atoms with Crippen LogP contribution in [0.25, 0.3) is 5.69 Å².